The summed E-state index contributed by atoms with van der Waals surface area (Å²) in [6.07, 6.45) is 4.23. The quantitative estimate of drug-likeness (QED) is 0.600. The van der Waals surface area contributed by atoms with Crippen LogP contribution in [0, 0.1) is 0 Å². The first-order valence-electron chi connectivity index (χ1n) is 3.69. The van der Waals surface area contributed by atoms with Crippen LogP contribution in [-0.2, 0) is 6.42 Å². The number of pyridine rings is 1. The molecule has 0 aliphatic carbocycles. The van der Waals surface area contributed by atoms with E-state index in [1.54, 1.807) is 19.3 Å². The van der Waals surface area contributed by atoms with E-state index in [9.17, 15) is 4.79 Å². The summed E-state index contributed by atoms with van der Waals surface area (Å²) >= 11 is 0. The summed E-state index contributed by atoms with van der Waals surface area (Å²) in [6.45, 7) is 3.60. The molecular weight excluding hydrogens is 138 g/mol. The lowest BCUT2D eigenvalue weighted by Crippen LogP contribution is -1.98. The molecule has 0 saturated carbocycles. The number of carbonyl (C=O) groups excluding carboxylic acids is 1. The van der Waals surface area contributed by atoms with Crippen LogP contribution in [-0.4, -0.2) is 10.8 Å². The molecule has 0 atom stereocenters. The monoisotopic (exact) mass is 149 g/mol. The normalized spacial score (nSPS) is 9.64. The van der Waals surface area contributed by atoms with Crippen molar-refractivity contribution >= 4 is 5.78 Å². The van der Waals surface area contributed by atoms with E-state index in [1.165, 1.54) is 0 Å². The maximum atomic E-state index is 11.0. The van der Waals surface area contributed by atoms with Crippen LogP contribution in [0.15, 0.2) is 18.5 Å². The third kappa shape index (κ3) is 1.64. The van der Waals surface area contributed by atoms with Gasteiger partial charge in [0.1, 0.15) is 0 Å². The molecule has 0 N–H and O–H groups in total. The van der Waals surface area contributed by atoms with Crippen molar-refractivity contribution in [2.75, 3.05) is 0 Å². The molecule has 0 amide bonds. The number of nitrogens with zero attached hydrogens (tertiary/aromatic N) is 1. The van der Waals surface area contributed by atoms with Crippen LogP contribution in [0.5, 0.6) is 0 Å². The van der Waals surface area contributed by atoms with Gasteiger partial charge < -0.3 is 0 Å². The lowest BCUT2D eigenvalue weighted by Gasteiger charge is -2.00. The molecule has 1 aromatic rings. The standard InChI is InChI=1S/C9H11NO/c1-3-8-4-5-10-6-9(8)7(2)11/h4-6H,3H2,1-2H3. The second-order valence-electron chi connectivity index (χ2n) is 2.44. The number of hydrogen-bond donors (Lipinski definition) is 0. The van der Waals surface area contributed by atoms with Crippen LogP contribution < -0.4 is 0 Å². The number of carbonyl (C=O) groups is 1. The zero-order valence-electron chi connectivity index (χ0n) is 6.79. The SMILES string of the molecule is CCc1ccncc1C(C)=O. The van der Waals surface area contributed by atoms with E-state index in [0.29, 0.717) is 0 Å². The van der Waals surface area contributed by atoms with Gasteiger partial charge >= 0.3 is 0 Å². The zero-order chi connectivity index (χ0) is 8.27. The van der Waals surface area contributed by atoms with Gasteiger partial charge in [-0.2, -0.15) is 0 Å². The van der Waals surface area contributed by atoms with Crippen molar-refractivity contribution in [3.63, 3.8) is 0 Å². The molecule has 58 valence electrons. The molecule has 2 nitrogen and oxygen atoms in total. The summed E-state index contributed by atoms with van der Waals surface area (Å²) in [5.74, 6) is 0.0925. The lowest BCUT2D eigenvalue weighted by atomic mass is 10.1. The fourth-order valence-electron chi connectivity index (χ4n) is 1.05. The molecule has 0 spiro atoms. The molecule has 1 aromatic heterocycles. The Labute approximate surface area is 66.3 Å². The third-order valence-corrected chi connectivity index (χ3v) is 1.67. The predicted octanol–water partition coefficient (Wildman–Crippen LogP) is 1.85. The average molecular weight is 149 g/mol. The van der Waals surface area contributed by atoms with Gasteiger partial charge in [-0.3, -0.25) is 9.78 Å². The van der Waals surface area contributed by atoms with E-state index in [1.807, 2.05) is 13.0 Å². The van der Waals surface area contributed by atoms with Crippen molar-refractivity contribution < 1.29 is 4.79 Å². The van der Waals surface area contributed by atoms with Crippen LogP contribution >= 0.6 is 0 Å². The van der Waals surface area contributed by atoms with Crippen molar-refractivity contribution in [3.8, 4) is 0 Å². The van der Waals surface area contributed by atoms with Gasteiger partial charge in [0.05, 0.1) is 0 Å². The summed E-state index contributed by atoms with van der Waals surface area (Å²) in [6, 6.07) is 1.89. The topological polar surface area (TPSA) is 30.0 Å². The van der Waals surface area contributed by atoms with E-state index < -0.39 is 0 Å². The van der Waals surface area contributed by atoms with Gasteiger partial charge in [0.15, 0.2) is 5.78 Å². The van der Waals surface area contributed by atoms with Crippen molar-refractivity contribution in [2.45, 2.75) is 20.3 Å². The Morgan fingerprint density at radius 2 is 2.36 bits per heavy atom. The van der Waals surface area contributed by atoms with Gasteiger partial charge in [0.2, 0.25) is 0 Å². The van der Waals surface area contributed by atoms with E-state index in [-0.39, 0.29) is 5.78 Å². The summed E-state index contributed by atoms with van der Waals surface area (Å²) in [7, 11) is 0. The minimum atomic E-state index is 0.0925. The van der Waals surface area contributed by atoms with E-state index in [2.05, 4.69) is 4.98 Å². The summed E-state index contributed by atoms with van der Waals surface area (Å²) in [5.41, 5.74) is 1.82. The second kappa shape index (κ2) is 3.28. The smallest absolute Gasteiger partial charge is 0.161 e. The van der Waals surface area contributed by atoms with Gasteiger partial charge in [-0.05, 0) is 25.0 Å². The highest BCUT2D eigenvalue weighted by molar-refractivity contribution is 5.95. The molecule has 0 unspecified atom stereocenters. The minimum Gasteiger partial charge on any atom is -0.294 e. The minimum absolute atomic E-state index is 0.0925. The van der Waals surface area contributed by atoms with Crippen molar-refractivity contribution in [2.24, 2.45) is 0 Å². The number of Topliss-reactive ketones (excluding diaryl/α,β-unsaturated/α-hetero) is 1. The first kappa shape index (κ1) is 7.92. The Hall–Kier alpha value is -1.18. The number of rotatable bonds is 2. The number of aryl methyl sites for hydroxylation is 1. The molecule has 0 radical (unpaired) electrons. The van der Waals surface area contributed by atoms with E-state index in [4.69, 9.17) is 0 Å². The summed E-state index contributed by atoms with van der Waals surface area (Å²) in [5, 5.41) is 0. The number of ketones is 1. The van der Waals surface area contributed by atoms with Crippen molar-refractivity contribution in [3.05, 3.63) is 29.6 Å². The highest BCUT2D eigenvalue weighted by Gasteiger charge is 2.03. The van der Waals surface area contributed by atoms with Gasteiger partial charge in [-0.1, -0.05) is 6.92 Å². The third-order valence-electron chi connectivity index (χ3n) is 1.67. The van der Waals surface area contributed by atoms with Crippen molar-refractivity contribution in [1.29, 1.82) is 0 Å². The molecule has 0 saturated heterocycles. The number of aromatic nitrogens is 1. The van der Waals surface area contributed by atoms with Crippen LogP contribution in [0.1, 0.15) is 29.8 Å². The largest absolute Gasteiger partial charge is 0.294 e. The molecule has 1 rings (SSSR count). The van der Waals surface area contributed by atoms with Gasteiger partial charge in [-0.25, -0.2) is 0 Å². The Kier molecular flexibility index (Phi) is 2.36. The summed E-state index contributed by atoms with van der Waals surface area (Å²) in [4.78, 5) is 14.9. The molecule has 0 aliphatic heterocycles. The molecular formula is C9H11NO. The van der Waals surface area contributed by atoms with E-state index in [0.717, 1.165) is 17.5 Å². The Bertz CT molecular complexity index is 268. The molecule has 0 fully saturated rings. The van der Waals surface area contributed by atoms with Crippen LogP contribution in [0.2, 0.25) is 0 Å². The van der Waals surface area contributed by atoms with E-state index >= 15 is 0 Å². The fourth-order valence-corrected chi connectivity index (χ4v) is 1.05. The predicted molar refractivity (Wildman–Crippen MR) is 43.6 cm³/mol. The summed E-state index contributed by atoms with van der Waals surface area (Å²) < 4.78 is 0. The molecule has 11 heavy (non-hydrogen) atoms. The molecule has 1 heterocycles. The van der Waals surface area contributed by atoms with Crippen LogP contribution in [0.25, 0.3) is 0 Å². The highest BCUT2D eigenvalue weighted by Crippen LogP contribution is 2.07. The van der Waals surface area contributed by atoms with Crippen LogP contribution in [0.3, 0.4) is 0 Å². The van der Waals surface area contributed by atoms with Gasteiger partial charge in [-0.15, -0.1) is 0 Å². The van der Waals surface area contributed by atoms with Crippen LogP contribution in [0.4, 0.5) is 0 Å². The number of hydrogen-bond acceptors (Lipinski definition) is 2. The maximum absolute atomic E-state index is 11.0. The Morgan fingerprint density at radius 3 is 2.82 bits per heavy atom. The van der Waals surface area contributed by atoms with Gasteiger partial charge in [0, 0.05) is 18.0 Å². The highest BCUT2D eigenvalue weighted by atomic mass is 16.1. The first-order chi connectivity index (χ1) is 5.25. The lowest BCUT2D eigenvalue weighted by molar-refractivity contribution is 0.101. The fraction of sp³-hybridized carbons (Fsp3) is 0.333. The Balaban J connectivity index is 3.12. The first-order valence-corrected chi connectivity index (χ1v) is 3.69. The van der Waals surface area contributed by atoms with Crippen molar-refractivity contribution in [1.82, 2.24) is 4.98 Å². The molecule has 0 aromatic carbocycles. The molecule has 0 aliphatic rings. The second-order valence-corrected chi connectivity index (χ2v) is 2.44. The molecule has 2 heteroatoms. The van der Waals surface area contributed by atoms with Gasteiger partial charge in [0.25, 0.3) is 0 Å². The average Bonchev–Trinajstić information content (AvgIpc) is 2.04. The maximum Gasteiger partial charge on any atom is 0.161 e. The Morgan fingerprint density at radius 1 is 1.64 bits per heavy atom. The molecule has 0 bridgehead atoms. The zero-order valence-corrected chi connectivity index (χ0v) is 6.79.